The molecular formula is C27H32N4OS. The van der Waals surface area contributed by atoms with Crippen molar-refractivity contribution in [3.63, 3.8) is 0 Å². The lowest BCUT2D eigenvalue weighted by atomic mass is 9.52. The van der Waals surface area contributed by atoms with E-state index in [0.29, 0.717) is 12.6 Å². The van der Waals surface area contributed by atoms with Gasteiger partial charge >= 0.3 is 0 Å². The fourth-order valence-electron chi connectivity index (χ4n) is 7.83. The number of nitrogens with zero attached hydrogens (tertiary/aromatic N) is 3. The molecule has 3 aromatic rings. The Morgan fingerprint density at radius 3 is 2.64 bits per heavy atom. The van der Waals surface area contributed by atoms with Crippen LogP contribution in [0.4, 0.5) is 0 Å². The van der Waals surface area contributed by atoms with Crippen LogP contribution in [0.15, 0.2) is 35.5 Å². The van der Waals surface area contributed by atoms with Crippen molar-refractivity contribution in [1.29, 1.82) is 0 Å². The van der Waals surface area contributed by atoms with Crippen molar-refractivity contribution in [3.8, 4) is 0 Å². The summed E-state index contributed by atoms with van der Waals surface area (Å²) < 4.78 is 1.72. The zero-order chi connectivity index (χ0) is 21.9. The molecule has 5 nitrogen and oxygen atoms in total. The summed E-state index contributed by atoms with van der Waals surface area (Å²) in [5.41, 5.74) is 2.23. The van der Waals surface area contributed by atoms with Crippen LogP contribution in [0.3, 0.4) is 0 Å². The third-order valence-corrected chi connectivity index (χ3v) is 10.3. The molecular weight excluding hydrogens is 428 g/mol. The molecule has 0 amide bonds. The molecule has 1 N–H and O–H groups in total. The van der Waals surface area contributed by atoms with Crippen LogP contribution < -0.4 is 10.9 Å². The number of pyridine rings is 1. The molecule has 0 aromatic carbocycles. The second-order valence-electron chi connectivity index (χ2n) is 11.1. The van der Waals surface area contributed by atoms with Gasteiger partial charge in [-0.05, 0) is 105 Å². The Kier molecular flexibility index (Phi) is 4.94. The standard InChI is InChI=1S/C27H32N4OS/c32-27-25-22-5-4-20(29-13-23-18-8-16-7-17(10-18)11-19(23)9-16)12-24(22)33-26(25)30-15-31(27)14-21-3-1-2-6-28-21/h1-3,6,15-20,23,29H,4-5,7-14H2/t16?,17?,18?,19?,20-,23?/m1/s1. The highest BCUT2D eigenvalue weighted by molar-refractivity contribution is 7.18. The van der Waals surface area contributed by atoms with E-state index in [1.54, 1.807) is 28.4 Å². The maximum atomic E-state index is 13.3. The van der Waals surface area contributed by atoms with E-state index in [9.17, 15) is 4.79 Å². The third kappa shape index (κ3) is 3.57. The quantitative estimate of drug-likeness (QED) is 0.612. The van der Waals surface area contributed by atoms with Crippen molar-refractivity contribution in [2.24, 2.45) is 29.6 Å². The average molecular weight is 461 g/mol. The van der Waals surface area contributed by atoms with E-state index in [1.165, 1.54) is 49.1 Å². The normalized spacial score (nSPS) is 32.4. The lowest BCUT2D eigenvalue weighted by Gasteiger charge is -2.54. The summed E-state index contributed by atoms with van der Waals surface area (Å²) in [5, 5.41) is 4.84. The zero-order valence-electron chi connectivity index (χ0n) is 19.1. The number of nitrogens with one attached hydrogen (secondary N) is 1. The van der Waals surface area contributed by atoms with E-state index in [0.717, 1.165) is 64.8 Å². The van der Waals surface area contributed by atoms with Gasteiger partial charge in [-0.3, -0.25) is 14.3 Å². The molecule has 4 fully saturated rings. The van der Waals surface area contributed by atoms with Crippen LogP contribution in [-0.2, 0) is 19.4 Å². The monoisotopic (exact) mass is 460 g/mol. The Labute approximate surface area is 198 Å². The summed E-state index contributed by atoms with van der Waals surface area (Å²) in [6.07, 6.45) is 14.2. The van der Waals surface area contributed by atoms with Crippen molar-refractivity contribution in [3.05, 3.63) is 57.2 Å². The zero-order valence-corrected chi connectivity index (χ0v) is 19.9. The number of thiophene rings is 1. The van der Waals surface area contributed by atoms with Gasteiger partial charge in [0.25, 0.3) is 5.56 Å². The van der Waals surface area contributed by atoms with E-state index in [2.05, 4.69) is 15.3 Å². The van der Waals surface area contributed by atoms with E-state index in [-0.39, 0.29) is 5.56 Å². The van der Waals surface area contributed by atoms with Crippen molar-refractivity contribution in [2.75, 3.05) is 6.54 Å². The Morgan fingerprint density at radius 1 is 1.06 bits per heavy atom. The fourth-order valence-corrected chi connectivity index (χ4v) is 9.09. The van der Waals surface area contributed by atoms with Crippen molar-refractivity contribution >= 4 is 21.6 Å². The molecule has 3 aromatic heterocycles. The van der Waals surface area contributed by atoms with Crippen LogP contribution in [0.5, 0.6) is 0 Å². The number of hydrogen-bond donors (Lipinski definition) is 1. The third-order valence-electron chi connectivity index (χ3n) is 9.16. The van der Waals surface area contributed by atoms with Crippen LogP contribution in [-0.4, -0.2) is 27.1 Å². The van der Waals surface area contributed by atoms with E-state index in [4.69, 9.17) is 0 Å². The lowest BCUT2D eigenvalue weighted by molar-refractivity contribution is -0.0364. The Bertz CT molecular complexity index is 1200. The van der Waals surface area contributed by atoms with Gasteiger partial charge in [0, 0.05) is 17.1 Å². The van der Waals surface area contributed by atoms with Gasteiger partial charge in [-0.25, -0.2) is 4.98 Å². The number of hydrogen-bond acceptors (Lipinski definition) is 5. The second kappa shape index (κ2) is 8.02. The van der Waals surface area contributed by atoms with Gasteiger partial charge < -0.3 is 5.32 Å². The summed E-state index contributed by atoms with van der Waals surface area (Å²) >= 11 is 1.74. The number of fused-ring (bicyclic) bond motifs is 3. The molecule has 5 aliphatic rings. The molecule has 0 saturated heterocycles. The molecule has 33 heavy (non-hydrogen) atoms. The summed E-state index contributed by atoms with van der Waals surface area (Å²) in [7, 11) is 0. The Hall–Kier alpha value is -2.05. The van der Waals surface area contributed by atoms with Gasteiger partial charge in [-0.1, -0.05) is 6.07 Å². The number of rotatable bonds is 5. The first-order chi connectivity index (χ1) is 16.2. The highest BCUT2D eigenvalue weighted by Crippen LogP contribution is 2.56. The first kappa shape index (κ1) is 20.3. The average Bonchev–Trinajstić information content (AvgIpc) is 3.19. The van der Waals surface area contributed by atoms with Crippen LogP contribution in [0.25, 0.3) is 10.2 Å². The molecule has 0 radical (unpaired) electrons. The summed E-state index contributed by atoms with van der Waals surface area (Å²) in [4.78, 5) is 24.6. The molecule has 3 heterocycles. The maximum Gasteiger partial charge on any atom is 0.262 e. The van der Waals surface area contributed by atoms with E-state index >= 15 is 0 Å². The van der Waals surface area contributed by atoms with Gasteiger partial charge in [-0.2, -0.15) is 0 Å². The van der Waals surface area contributed by atoms with Gasteiger partial charge in [0.2, 0.25) is 0 Å². The molecule has 0 spiro atoms. The fraction of sp³-hybridized carbons (Fsp3) is 0.593. The first-order valence-electron chi connectivity index (χ1n) is 12.8. The van der Waals surface area contributed by atoms with Crippen molar-refractivity contribution in [2.45, 2.75) is 64.0 Å². The predicted molar refractivity (Wildman–Crippen MR) is 132 cm³/mol. The summed E-state index contributed by atoms with van der Waals surface area (Å²) in [6, 6.07) is 6.36. The van der Waals surface area contributed by atoms with Crippen LogP contribution >= 0.6 is 11.3 Å². The minimum absolute atomic E-state index is 0.0863. The molecule has 4 bridgehead atoms. The smallest absolute Gasteiger partial charge is 0.262 e. The van der Waals surface area contributed by atoms with Gasteiger partial charge in [-0.15, -0.1) is 11.3 Å². The number of aromatic nitrogens is 3. The van der Waals surface area contributed by atoms with Gasteiger partial charge in [0.15, 0.2) is 0 Å². The van der Waals surface area contributed by atoms with E-state index in [1.807, 2.05) is 18.2 Å². The Balaban J connectivity index is 1.07. The highest BCUT2D eigenvalue weighted by atomic mass is 32.1. The molecule has 6 heteroatoms. The predicted octanol–water partition coefficient (Wildman–Crippen LogP) is 4.42. The molecule has 0 aliphatic heterocycles. The maximum absolute atomic E-state index is 13.3. The Morgan fingerprint density at radius 2 is 1.88 bits per heavy atom. The highest BCUT2D eigenvalue weighted by Gasteiger charge is 2.47. The van der Waals surface area contributed by atoms with Gasteiger partial charge in [0.1, 0.15) is 4.83 Å². The lowest BCUT2D eigenvalue weighted by Crippen LogP contribution is -2.50. The SMILES string of the molecule is O=c1c2c3c(sc2ncn1Cc1ccccn1)C[C@H](NCC1C2CC4CC(C2)CC1C4)CC3. The largest absolute Gasteiger partial charge is 0.313 e. The minimum Gasteiger partial charge on any atom is -0.313 e. The molecule has 1 atom stereocenters. The minimum atomic E-state index is 0.0863. The molecule has 0 unspecified atom stereocenters. The summed E-state index contributed by atoms with van der Waals surface area (Å²) in [5.74, 6) is 4.97. The molecule has 172 valence electrons. The van der Waals surface area contributed by atoms with E-state index < -0.39 is 0 Å². The van der Waals surface area contributed by atoms with Crippen LogP contribution in [0, 0.1) is 29.6 Å². The molecule has 5 aliphatic carbocycles. The number of aryl methyl sites for hydroxylation is 1. The summed E-state index contributed by atoms with van der Waals surface area (Å²) in [6.45, 7) is 1.68. The van der Waals surface area contributed by atoms with Crippen molar-refractivity contribution in [1.82, 2.24) is 19.9 Å². The van der Waals surface area contributed by atoms with Gasteiger partial charge in [0.05, 0.1) is 24.0 Å². The molecule has 4 saturated carbocycles. The second-order valence-corrected chi connectivity index (χ2v) is 12.2. The van der Waals surface area contributed by atoms with Crippen LogP contribution in [0.1, 0.15) is 54.7 Å². The topological polar surface area (TPSA) is 59.8 Å². The van der Waals surface area contributed by atoms with Crippen molar-refractivity contribution < 1.29 is 0 Å². The van der Waals surface area contributed by atoms with Crippen LogP contribution in [0.2, 0.25) is 0 Å². The molecule has 8 rings (SSSR count). The first-order valence-corrected chi connectivity index (χ1v) is 13.7.